The summed E-state index contributed by atoms with van der Waals surface area (Å²) in [6, 6.07) is 0. The molecule has 1 amide bonds. The van der Waals surface area contributed by atoms with E-state index in [1.54, 1.807) is 18.0 Å². The molecule has 0 aromatic carbocycles. The molecule has 5 heteroatoms. The maximum absolute atomic E-state index is 11.2. The van der Waals surface area contributed by atoms with Crippen LogP contribution in [-0.4, -0.2) is 41.1 Å². The van der Waals surface area contributed by atoms with Crippen LogP contribution >= 0.6 is 11.8 Å². The van der Waals surface area contributed by atoms with Crippen molar-refractivity contribution >= 4 is 17.7 Å². The van der Waals surface area contributed by atoms with Crippen LogP contribution in [0.3, 0.4) is 0 Å². The van der Waals surface area contributed by atoms with E-state index in [0.717, 1.165) is 32.5 Å². The molecule has 0 aromatic rings. The fraction of sp³-hybridized carbons (Fsp3) is 0.700. The zero-order valence-electron chi connectivity index (χ0n) is 8.74. The highest BCUT2D eigenvalue weighted by Gasteiger charge is 2.40. The molecule has 2 rings (SSSR count). The molecule has 0 saturated carbocycles. The highest BCUT2D eigenvalue weighted by Crippen LogP contribution is 2.37. The van der Waals surface area contributed by atoms with Crippen molar-refractivity contribution in [2.45, 2.75) is 17.7 Å². The molecule has 0 atom stereocenters. The number of nitrogens with one attached hydrogen (secondary N) is 1. The Morgan fingerprint density at radius 2 is 2.27 bits per heavy atom. The summed E-state index contributed by atoms with van der Waals surface area (Å²) in [6.45, 7) is 3.00. The van der Waals surface area contributed by atoms with Crippen LogP contribution in [0.25, 0.3) is 0 Å². The summed E-state index contributed by atoms with van der Waals surface area (Å²) in [6.07, 6.45) is 5.65. The Balaban J connectivity index is 1.84. The van der Waals surface area contributed by atoms with Crippen LogP contribution in [-0.2, 0) is 4.79 Å². The van der Waals surface area contributed by atoms with E-state index in [-0.39, 0.29) is 10.8 Å². The first-order chi connectivity index (χ1) is 7.24. The third kappa shape index (κ3) is 2.46. The third-order valence-corrected chi connectivity index (χ3v) is 4.48. The topological polar surface area (TPSA) is 58.4 Å². The average molecular weight is 227 g/mol. The number of carbonyl (C=O) groups is 1. The van der Waals surface area contributed by atoms with Gasteiger partial charge in [-0.15, -0.1) is 11.8 Å². The summed E-state index contributed by atoms with van der Waals surface area (Å²) in [7, 11) is 0. The molecule has 0 unspecified atom stereocenters. The number of hydrogen-bond donors (Lipinski definition) is 2. The number of likely N-dealkylation sites (tertiary alicyclic amines) is 1. The van der Waals surface area contributed by atoms with Crippen LogP contribution in [0.2, 0.25) is 0 Å². The van der Waals surface area contributed by atoms with Crippen molar-refractivity contribution in [2.24, 2.45) is 5.73 Å². The maximum atomic E-state index is 11.2. The van der Waals surface area contributed by atoms with Crippen LogP contribution in [0, 0.1) is 0 Å². The van der Waals surface area contributed by atoms with Crippen molar-refractivity contribution < 1.29 is 4.79 Å². The molecule has 3 N–H and O–H groups in total. The highest BCUT2D eigenvalue weighted by molar-refractivity contribution is 8.01. The number of thioether (sulfide) groups is 1. The number of nitrogens with two attached hydrogens (primary N) is 1. The fourth-order valence-electron chi connectivity index (χ4n) is 2.11. The van der Waals surface area contributed by atoms with Crippen LogP contribution < -0.4 is 11.1 Å². The summed E-state index contributed by atoms with van der Waals surface area (Å²) in [5.41, 5.74) is 5.31. The third-order valence-electron chi connectivity index (χ3n) is 3.01. The predicted octanol–water partition coefficient (Wildman–Crippen LogP) is 0.114. The Kier molecular flexibility index (Phi) is 3.21. The van der Waals surface area contributed by atoms with Gasteiger partial charge in [-0.1, -0.05) is 6.08 Å². The summed E-state index contributed by atoms with van der Waals surface area (Å²) >= 11 is 1.77. The van der Waals surface area contributed by atoms with E-state index in [1.807, 2.05) is 6.08 Å². The number of hydrogen-bond acceptors (Lipinski definition) is 4. The lowest BCUT2D eigenvalue weighted by molar-refractivity contribution is -0.119. The Hall–Kier alpha value is -0.680. The van der Waals surface area contributed by atoms with Gasteiger partial charge in [-0.25, -0.2) is 0 Å². The number of piperidine rings is 1. The van der Waals surface area contributed by atoms with Gasteiger partial charge in [0.25, 0.3) is 0 Å². The second kappa shape index (κ2) is 4.45. The molecule has 84 valence electrons. The summed E-state index contributed by atoms with van der Waals surface area (Å²) in [4.78, 5) is 13.6. The number of carbonyl (C=O) groups excluding carboxylic acids is 1. The van der Waals surface area contributed by atoms with Crippen molar-refractivity contribution in [2.75, 3.05) is 25.4 Å². The molecular formula is C10H17N3OS. The van der Waals surface area contributed by atoms with E-state index in [1.165, 1.54) is 0 Å². The molecular weight excluding hydrogens is 210 g/mol. The van der Waals surface area contributed by atoms with Gasteiger partial charge in [0.1, 0.15) is 0 Å². The normalized spacial score (nSPS) is 26.3. The van der Waals surface area contributed by atoms with Gasteiger partial charge >= 0.3 is 0 Å². The van der Waals surface area contributed by atoms with Crippen LogP contribution in [0.1, 0.15) is 12.8 Å². The van der Waals surface area contributed by atoms with Crippen molar-refractivity contribution in [3.8, 4) is 0 Å². The van der Waals surface area contributed by atoms with Crippen LogP contribution in [0.5, 0.6) is 0 Å². The minimum Gasteiger partial charge on any atom is -0.405 e. The van der Waals surface area contributed by atoms with E-state index in [0.29, 0.717) is 5.75 Å². The first kappa shape index (κ1) is 10.8. The van der Waals surface area contributed by atoms with Crippen LogP contribution in [0.15, 0.2) is 12.3 Å². The Labute approximate surface area is 94.3 Å². The fourth-order valence-corrected chi connectivity index (χ4v) is 3.24. The van der Waals surface area contributed by atoms with Crippen LogP contribution in [0.4, 0.5) is 0 Å². The number of amides is 1. The number of rotatable bonds is 2. The predicted molar refractivity (Wildman–Crippen MR) is 62.3 cm³/mol. The van der Waals surface area contributed by atoms with E-state index in [9.17, 15) is 4.79 Å². The van der Waals surface area contributed by atoms with Crippen molar-refractivity contribution in [3.05, 3.63) is 12.3 Å². The van der Waals surface area contributed by atoms with Gasteiger partial charge in [-0.2, -0.15) is 0 Å². The quantitative estimate of drug-likeness (QED) is 0.703. The van der Waals surface area contributed by atoms with Gasteiger partial charge in [0.15, 0.2) is 0 Å². The second-order valence-electron chi connectivity index (χ2n) is 4.06. The number of nitrogens with zero attached hydrogens (tertiary/aromatic N) is 1. The average Bonchev–Trinajstić information content (AvgIpc) is 2.60. The van der Waals surface area contributed by atoms with E-state index >= 15 is 0 Å². The van der Waals surface area contributed by atoms with Gasteiger partial charge in [0.2, 0.25) is 5.91 Å². The largest absolute Gasteiger partial charge is 0.405 e. The molecule has 0 bridgehead atoms. The zero-order valence-corrected chi connectivity index (χ0v) is 9.55. The lowest BCUT2D eigenvalue weighted by Gasteiger charge is -2.37. The molecule has 0 aliphatic carbocycles. The van der Waals surface area contributed by atoms with Gasteiger partial charge in [-0.3, -0.25) is 9.69 Å². The molecule has 0 radical (unpaired) electrons. The van der Waals surface area contributed by atoms with E-state index < -0.39 is 0 Å². The van der Waals surface area contributed by atoms with Gasteiger partial charge in [0, 0.05) is 19.6 Å². The minimum absolute atomic E-state index is 0.0417. The molecule has 2 fully saturated rings. The lowest BCUT2D eigenvalue weighted by Crippen LogP contribution is -2.49. The van der Waals surface area contributed by atoms with Crippen molar-refractivity contribution in [1.29, 1.82) is 0 Å². The molecule has 0 aromatic heterocycles. The smallest absolute Gasteiger partial charge is 0.231 e. The second-order valence-corrected chi connectivity index (χ2v) is 5.42. The first-order valence-corrected chi connectivity index (χ1v) is 6.27. The molecule has 15 heavy (non-hydrogen) atoms. The Morgan fingerprint density at radius 3 is 2.80 bits per heavy atom. The minimum atomic E-state index is 0.0417. The van der Waals surface area contributed by atoms with Crippen molar-refractivity contribution in [3.63, 3.8) is 0 Å². The van der Waals surface area contributed by atoms with Gasteiger partial charge < -0.3 is 11.1 Å². The van der Waals surface area contributed by atoms with Crippen molar-refractivity contribution in [1.82, 2.24) is 10.2 Å². The molecule has 2 aliphatic heterocycles. The SMILES string of the molecule is NC=CCN1CCC2(CC1)NC(=O)CS2. The molecule has 2 aliphatic rings. The zero-order chi connectivity index (χ0) is 10.7. The monoisotopic (exact) mass is 227 g/mol. The Morgan fingerprint density at radius 1 is 1.53 bits per heavy atom. The summed E-state index contributed by atoms with van der Waals surface area (Å²) < 4.78 is 0. The van der Waals surface area contributed by atoms with Gasteiger partial charge in [0.05, 0.1) is 10.6 Å². The maximum Gasteiger partial charge on any atom is 0.231 e. The molecule has 2 heterocycles. The molecule has 2 saturated heterocycles. The first-order valence-electron chi connectivity index (χ1n) is 5.28. The van der Waals surface area contributed by atoms with E-state index in [2.05, 4.69) is 10.2 Å². The summed E-state index contributed by atoms with van der Waals surface area (Å²) in [5.74, 6) is 0.818. The molecule has 1 spiro atoms. The highest BCUT2D eigenvalue weighted by atomic mass is 32.2. The van der Waals surface area contributed by atoms with Gasteiger partial charge in [-0.05, 0) is 19.0 Å². The molecule has 4 nitrogen and oxygen atoms in total. The summed E-state index contributed by atoms with van der Waals surface area (Å²) in [5, 5.41) is 3.10. The lowest BCUT2D eigenvalue weighted by atomic mass is 10.0. The standard InChI is InChI=1S/C10H17N3OS/c11-4-1-5-13-6-2-10(3-7-13)12-9(14)8-15-10/h1,4H,2-3,5-8,11H2,(H,12,14). The van der Waals surface area contributed by atoms with E-state index in [4.69, 9.17) is 5.73 Å². The Bertz CT molecular complexity index is 272.